The third-order valence-electron chi connectivity index (χ3n) is 6.58. The first kappa shape index (κ1) is 26.1. The van der Waals surface area contributed by atoms with Gasteiger partial charge in [-0.2, -0.15) is 0 Å². The fraction of sp³-hybridized carbons (Fsp3) is 0.393. The molecule has 9 nitrogen and oxygen atoms in total. The van der Waals surface area contributed by atoms with Gasteiger partial charge in [-0.05, 0) is 61.1 Å². The van der Waals surface area contributed by atoms with Crippen LogP contribution in [0.15, 0.2) is 42.5 Å². The molecule has 0 radical (unpaired) electrons. The van der Waals surface area contributed by atoms with Gasteiger partial charge in [0.15, 0.2) is 0 Å². The first-order valence-corrected chi connectivity index (χ1v) is 12.5. The number of hydrogen-bond donors (Lipinski definition) is 1. The van der Waals surface area contributed by atoms with Crippen molar-refractivity contribution in [3.05, 3.63) is 64.7 Å². The lowest BCUT2D eigenvalue weighted by atomic mass is 9.95. The molecule has 2 aliphatic rings. The van der Waals surface area contributed by atoms with E-state index in [-0.39, 0.29) is 41.0 Å². The van der Waals surface area contributed by atoms with E-state index < -0.39 is 5.97 Å². The van der Waals surface area contributed by atoms with Crippen molar-refractivity contribution in [1.29, 1.82) is 0 Å². The number of carbonyl (C=O) groups is 5. The van der Waals surface area contributed by atoms with Crippen molar-refractivity contribution in [2.45, 2.75) is 33.6 Å². The summed E-state index contributed by atoms with van der Waals surface area (Å²) in [6.07, 6.45) is 1.45. The molecule has 0 aliphatic carbocycles. The minimum absolute atomic E-state index is 0.153. The standard InChI is InChI=1S/C28H31N3O6/c1-17(2)16-31-27(35)23-8-7-21(14-24(23)28(31)36)26(34)30-11-9-19(10-12-30)15-29-25(33)20-5-4-6-22(13-20)37-18(3)32/h4-8,13-14,17,19H,9-12,15-16H2,1-3H3,(H,29,33). The van der Waals surface area contributed by atoms with Gasteiger partial charge in [-0.15, -0.1) is 0 Å². The molecule has 0 bridgehead atoms. The molecule has 4 amide bonds. The minimum Gasteiger partial charge on any atom is -0.427 e. The van der Waals surface area contributed by atoms with Gasteiger partial charge in [-0.1, -0.05) is 19.9 Å². The molecule has 1 saturated heterocycles. The number of amides is 4. The molecule has 4 rings (SSSR count). The summed E-state index contributed by atoms with van der Waals surface area (Å²) in [4.78, 5) is 65.1. The summed E-state index contributed by atoms with van der Waals surface area (Å²) < 4.78 is 5.03. The van der Waals surface area contributed by atoms with E-state index in [0.717, 1.165) is 12.8 Å². The Kier molecular flexibility index (Phi) is 7.71. The predicted octanol–water partition coefficient (Wildman–Crippen LogP) is 3.15. The number of carbonyl (C=O) groups excluding carboxylic acids is 5. The highest BCUT2D eigenvalue weighted by atomic mass is 16.5. The maximum Gasteiger partial charge on any atom is 0.308 e. The number of ether oxygens (including phenoxy) is 1. The molecule has 2 heterocycles. The van der Waals surface area contributed by atoms with Crippen LogP contribution in [0.4, 0.5) is 0 Å². The zero-order valence-corrected chi connectivity index (χ0v) is 21.3. The van der Waals surface area contributed by atoms with E-state index in [9.17, 15) is 24.0 Å². The number of imide groups is 1. The van der Waals surface area contributed by atoms with E-state index in [1.165, 1.54) is 24.0 Å². The molecule has 194 valence electrons. The number of hydrogen-bond acceptors (Lipinski definition) is 6. The molecule has 1 N–H and O–H groups in total. The second kappa shape index (κ2) is 10.9. The lowest BCUT2D eigenvalue weighted by Gasteiger charge is -2.32. The van der Waals surface area contributed by atoms with Crippen LogP contribution >= 0.6 is 0 Å². The van der Waals surface area contributed by atoms with Gasteiger partial charge in [0.25, 0.3) is 23.6 Å². The third-order valence-corrected chi connectivity index (χ3v) is 6.58. The SMILES string of the molecule is CC(=O)Oc1cccc(C(=O)NCC2CCN(C(=O)c3ccc4c(c3)C(=O)N(CC(C)C)C4=O)CC2)c1. The van der Waals surface area contributed by atoms with Crippen LogP contribution in [0.25, 0.3) is 0 Å². The van der Waals surface area contributed by atoms with E-state index >= 15 is 0 Å². The van der Waals surface area contributed by atoms with Crippen molar-refractivity contribution in [1.82, 2.24) is 15.1 Å². The monoisotopic (exact) mass is 505 g/mol. The first-order valence-electron chi connectivity index (χ1n) is 12.5. The molecule has 2 aromatic carbocycles. The van der Waals surface area contributed by atoms with Crippen molar-refractivity contribution in [3.8, 4) is 5.75 Å². The summed E-state index contributed by atoms with van der Waals surface area (Å²) in [5.41, 5.74) is 1.43. The average Bonchev–Trinajstić information content (AvgIpc) is 3.10. The number of nitrogens with one attached hydrogen (secondary N) is 1. The molecule has 9 heteroatoms. The lowest BCUT2D eigenvalue weighted by molar-refractivity contribution is -0.131. The van der Waals surface area contributed by atoms with Crippen molar-refractivity contribution >= 4 is 29.6 Å². The summed E-state index contributed by atoms with van der Waals surface area (Å²) in [6, 6.07) is 11.2. The second-order valence-electron chi connectivity index (χ2n) is 9.94. The molecule has 2 aliphatic heterocycles. The average molecular weight is 506 g/mol. The zero-order chi connectivity index (χ0) is 26.7. The number of piperidine rings is 1. The fourth-order valence-electron chi connectivity index (χ4n) is 4.68. The van der Waals surface area contributed by atoms with Gasteiger partial charge < -0.3 is 15.0 Å². The Bertz CT molecular complexity index is 1250. The number of esters is 1. The number of benzene rings is 2. The number of likely N-dealkylation sites (tertiary alicyclic amines) is 1. The van der Waals surface area contributed by atoms with Gasteiger partial charge in [-0.25, -0.2) is 0 Å². The Balaban J connectivity index is 1.31. The Morgan fingerprint density at radius 1 is 0.973 bits per heavy atom. The van der Waals surface area contributed by atoms with Crippen LogP contribution in [0.1, 0.15) is 75.0 Å². The Labute approximate surface area is 215 Å². The second-order valence-corrected chi connectivity index (χ2v) is 9.94. The van der Waals surface area contributed by atoms with E-state index in [4.69, 9.17) is 4.74 Å². The van der Waals surface area contributed by atoms with Crippen LogP contribution in [0.5, 0.6) is 5.75 Å². The summed E-state index contributed by atoms with van der Waals surface area (Å²) >= 11 is 0. The maximum absolute atomic E-state index is 13.1. The quantitative estimate of drug-likeness (QED) is 0.351. The van der Waals surface area contributed by atoms with Crippen LogP contribution in [0, 0.1) is 11.8 Å². The molecule has 0 spiro atoms. The molecular formula is C28H31N3O6. The van der Waals surface area contributed by atoms with Gasteiger partial charge in [0.05, 0.1) is 11.1 Å². The van der Waals surface area contributed by atoms with Gasteiger partial charge in [0.2, 0.25) is 0 Å². The molecule has 0 saturated carbocycles. The Morgan fingerprint density at radius 2 is 1.68 bits per heavy atom. The van der Waals surface area contributed by atoms with Crippen LogP contribution in [0.3, 0.4) is 0 Å². The first-order chi connectivity index (χ1) is 17.6. The fourth-order valence-corrected chi connectivity index (χ4v) is 4.68. The molecule has 1 fully saturated rings. The van der Waals surface area contributed by atoms with Crippen molar-refractivity contribution in [2.75, 3.05) is 26.2 Å². The molecule has 2 aromatic rings. The molecular weight excluding hydrogens is 474 g/mol. The van der Waals surface area contributed by atoms with E-state index in [2.05, 4.69) is 5.32 Å². The summed E-state index contributed by atoms with van der Waals surface area (Å²) in [5.74, 6) is -0.853. The topological polar surface area (TPSA) is 113 Å². The number of nitrogens with zero attached hydrogens (tertiary/aromatic N) is 2. The van der Waals surface area contributed by atoms with Crippen molar-refractivity contribution < 1.29 is 28.7 Å². The van der Waals surface area contributed by atoms with E-state index in [0.29, 0.717) is 48.6 Å². The lowest BCUT2D eigenvalue weighted by Crippen LogP contribution is -2.41. The third kappa shape index (κ3) is 5.87. The molecule has 0 aromatic heterocycles. The normalized spacial score (nSPS) is 15.7. The Morgan fingerprint density at radius 3 is 2.35 bits per heavy atom. The smallest absolute Gasteiger partial charge is 0.308 e. The van der Waals surface area contributed by atoms with Crippen LogP contribution in [-0.4, -0.2) is 65.6 Å². The van der Waals surface area contributed by atoms with E-state index in [1.54, 1.807) is 35.2 Å². The zero-order valence-electron chi connectivity index (χ0n) is 21.3. The van der Waals surface area contributed by atoms with Crippen LogP contribution in [0.2, 0.25) is 0 Å². The van der Waals surface area contributed by atoms with Gasteiger partial charge in [-0.3, -0.25) is 28.9 Å². The highest BCUT2D eigenvalue weighted by Gasteiger charge is 2.36. The molecule has 0 atom stereocenters. The summed E-state index contributed by atoms with van der Waals surface area (Å²) in [5, 5.41) is 2.92. The Hall–Kier alpha value is -4.01. The van der Waals surface area contributed by atoms with Crippen molar-refractivity contribution in [3.63, 3.8) is 0 Å². The molecule has 0 unspecified atom stereocenters. The minimum atomic E-state index is -0.452. The summed E-state index contributed by atoms with van der Waals surface area (Å²) in [7, 11) is 0. The van der Waals surface area contributed by atoms with Gasteiger partial charge in [0, 0.05) is 44.2 Å². The van der Waals surface area contributed by atoms with Crippen LogP contribution in [-0.2, 0) is 4.79 Å². The summed E-state index contributed by atoms with van der Waals surface area (Å²) in [6.45, 7) is 7.07. The highest BCUT2D eigenvalue weighted by molar-refractivity contribution is 6.22. The van der Waals surface area contributed by atoms with Crippen molar-refractivity contribution in [2.24, 2.45) is 11.8 Å². The highest BCUT2D eigenvalue weighted by Crippen LogP contribution is 2.26. The number of fused-ring (bicyclic) bond motifs is 1. The predicted molar refractivity (Wildman–Crippen MR) is 135 cm³/mol. The number of rotatable bonds is 7. The largest absolute Gasteiger partial charge is 0.427 e. The van der Waals surface area contributed by atoms with Crippen LogP contribution < -0.4 is 10.1 Å². The van der Waals surface area contributed by atoms with E-state index in [1.807, 2.05) is 13.8 Å². The molecule has 37 heavy (non-hydrogen) atoms. The van der Waals surface area contributed by atoms with Gasteiger partial charge in [0.1, 0.15) is 5.75 Å². The van der Waals surface area contributed by atoms with Gasteiger partial charge >= 0.3 is 5.97 Å². The maximum atomic E-state index is 13.1.